The molecule has 7 nitrogen and oxygen atoms in total. The molecule has 1 saturated heterocycles. The van der Waals surface area contributed by atoms with Crippen molar-refractivity contribution in [2.24, 2.45) is 5.92 Å². The Hall–Kier alpha value is -3.30. The Morgan fingerprint density at radius 1 is 1.16 bits per heavy atom. The van der Waals surface area contributed by atoms with Gasteiger partial charge in [0.1, 0.15) is 23.0 Å². The topological polar surface area (TPSA) is 91.6 Å². The number of hydrogen-bond donors (Lipinski definition) is 2. The Morgan fingerprint density at radius 2 is 1.81 bits per heavy atom. The number of hydrogen-bond acceptors (Lipinski definition) is 4. The predicted octanol–water partition coefficient (Wildman–Crippen LogP) is 2.72. The predicted molar refractivity (Wildman–Crippen MR) is 108 cm³/mol. The molecule has 2 bridgehead atoms. The molecule has 0 saturated carbocycles. The fourth-order valence-corrected chi connectivity index (χ4v) is 4.45. The van der Waals surface area contributed by atoms with Crippen LogP contribution in [0.2, 0.25) is 0 Å². The highest BCUT2D eigenvalue weighted by Gasteiger charge is 2.41. The molecule has 2 aliphatic heterocycles. The van der Waals surface area contributed by atoms with E-state index in [-0.39, 0.29) is 23.7 Å². The van der Waals surface area contributed by atoms with E-state index in [1.165, 1.54) is 10.8 Å². The lowest BCUT2D eigenvalue weighted by molar-refractivity contribution is 0.0591. The van der Waals surface area contributed by atoms with Crippen LogP contribution in [0.5, 0.6) is 5.75 Å². The molecular formula is C22H22F3N3O4. The van der Waals surface area contributed by atoms with Crippen LogP contribution in [0.25, 0.3) is 0 Å². The molecule has 3 heterocycles. The standard InChI is InChI=1S/C22H22F3N3O4/c1-10-3-4-11(2)27-9-17(10)28-8-14(19(29)20(30)18(28)22(27)32)21(31)26-7-13-15(24)5-12(23)6-16(13)25/h5-6,8,10-11,17,30H,3-4,7,9H2,1-2H3,(H,26,31)/t10-,11-,17-/m1/s1. The van der Waals surface area contributed by atoms with Gasteiger partial charge in [0.05, 0.1) is 6.04 Å². The smallest absolute Gasteiger partial charge is 0.274 e. The second-order valence-electron chi connectivity index (χ2n) is 8.44. The van der Waals surface area contributed by atoms with Crippen molar-refractivity contribution < 1.29 is 27.9 Å². The van der Waals surface area contributed by atoms with Crippen LogP contribution >= 0.6 is 0 Å². The van der Waals surface area contributed by atoms with E-state index >= 15 is 0 Å². The van der Waals surface area contributed by atoms with Gasteiger partial charge in [-0.25, -0.2) is 13.2 Å². The second-order valence-corrected chi connectivity index (χ2v) is 8.44. The zero-order chi connectivity index (χ0) is 23.3. The summed E-state index contributed by atoms with van der Waals surface area (Å²) < 4.78 is 42.2. The summed E-state index contributed by atoms with van der Waals surface area (Å²) in [5.41, 5.74) is -2.25. The van der Waals surface area contributed by atoms with Gasteiger partial charge in [-0.1, -0.05) is 6.92 Å². The molecule has 2 N–H and O–H groups in total. The molecular weight excluding hydrogens is 427 g/mol. The Bertz CT molecular complexity index is 1160. The van der Waals surface area contributed by atoms with Crippen LogP contribution in [0.1, 0.15) is 59.1 Å². The van der Waals surface area contributed by atoms with E-state index < -0.39 is 58.1 Å². The summed E-state index contributed by atoms with van der Waals surface area (Å²) in [6, 6.07) is 0.658. The first-order valence-electron chi connectivity index (χ1n) is 10.3. The summed E-state index contributed by atoms with van der Waals surface area (Å²) in [5, 5.41) is 12.8. The van der Waals surface area contributed by atoms with Crippen molar-refractivity contribution in [3.8, 4) is 5.75 Å². The quantitative estimate of drug-likeness (QED) is 0.754. The maximum Gasteiger partial charge on any atom is 0.274 e. The number of pyridine rings is 1. The lowest BCUT2D eigenvalue weighted by Crippen LogP contribution is -2.48. The van der Waals surface area contributed by atoms with Gasteiger partial charge >= 0.3 is 0 Å². The molecule has 1 fully saturated rings. The number of carbonyl (C=O) groups is 2. The van der Waals surface area contributed by atoms with E-state index in [0.717, 1.165) is 12.8 Å². The highest BCUT2D eigenvalue weighted by molar-refractivity contribution is 5.99. The SMILES string of the molecule is C[C@@H]1CC[C@@H](C)N2C[C@H]1n1cc(C(=O)NCc3c(F)cc(F)cc3F)c(=O)c(O)c1C2=O. The fourth-order valence-electron chi connectivity index (χ4n) is 4.45. The minimum Gasteiger partial charge on any atom is -0.503 e. The molecule has 32 heavy (non-hydrogen) atoms. The van der Waals surface area contributed by atoms with E-state index in [1.807, 2.05) is 13.8 Å². The number of aromatic hydroxyl groups is 1. The minimum atomic E-state index is -1.18. The van der Waals surface area contributed by atoms with Crippen LogP contribution < -0.4 is 10.7 Å². The zero-order valence-corrected chi connectivity index (χ0v) is 17.5. The summed E-state index contributed by atoms with van der Waals surface area (Å²) in [6.07, 6.45) is 2.80. The van der Waals surface area contributed by atoms with Gasteiger partial charge in [0.2, 0.25) is 5.43 Å². The van der Waals surface area contributed by atoms with Crippen LogP contribution in [0, 0.1) is 23.4 Å². The molecule has 0 aliphatic carbocycles. The number of carbonyl (C=O) groups excluding carboxylic acids is 2. The monoisotopic (exact) mass is 449 g/mol. The summed E-state index contributed by atoms with van der Waals surface area (Å²) in [4.78, 5) is 40.0. The average Bonchev–Trinajstić information content (AvgIpc) is 2.85. The first-order chi connectivity index (χ1) is 15.1. The van der Waals surface area contributed by atoms with Crippen LogP contribution in [0.15, 0.2) is 23.1 Å². The van der Waals surface area contributed by atoms with Gasteiger partial charge in [0.25, 0.3) is 11.8 Å². The van der Waals surface area contributed by atoms with E-state index in [2.05, 4.69) is 5.32 Å². The Morgan fingerprint density at radius 3 is 2.47 bits per heavy atom. The van der Waals surface area contributed by atoms with Crippen LogP contribution in [0.4, 0.5) is 13.2 Å². The highest BCUT2D eigenvalue weighted by Crippen LogP contribution is 2.37. The highest BCUT2D eigenvalue weighted by atomic mass is 19.1. The number of rotatable bonds is 3. The van der Waals surface area contributed by atoms with Crippen molar-refractivity contribution in [2.45, 2.75) is 45.3 Å². The van der Waals surface area contributed by atoms with E-state index in [4.69, 9.17) is 0 Å². The van der Waals surface area contributed by atoms with Crippen molar-refractivity contribution in [1.82, 2.24) is 14.8 Å². The number of fused-ring (bicyclic) bond motifs is 4. The first kappa shape index (κ1) is 21.9. The number of halogens is 3. The normalized spacial score (nSPS) is 22.3. The number of nitrogens with zero attached hydrogens (tertiary/aromatic N) is 2. The summed E-state index contributed by atoms with van der Waals surface area (Å²) in [5.74, 6) is -5.65. The van der Waals surface area contributed by atoms with Gasteiger partial charge in [-0.15, -0.1) is 0 Å². The molecule has 10 heteroatoms. The third-order valence-electron chi connectivity index (χ3n) is 6.42. The second kappa shape index (κ2) is 7.99. The number of amides is 2. The third-order valence-corrected chi connectivity index (χ3v) is 6.42. The molecule has 0 spiro atoms. The van der Waals surface area contributed by atoms with Gasteiger partial charge < -0.3 is 19.9 Å². The molecule has 0 unspecified atom stereocenters. The third kappa shape index (κ3) is 3.53. The molecule has 0 radical (unpaired) electrons. The van der Waals surface area contributed by atoms with E-state index in [1.54, 1.807) is 4.90 Å². The summed E-state index contributed by atoms with van der Waals surface area (Å²) in [6.45, 7) is 3.65. The van der Waals surface area contributed by atoms with Gasteiger partial charge in [-0.3, -0.25) is 14.4 Å². The largest absolute Gasteiger partial charge is 0.503 e. The minimum absolute atomic E-state index is 0.0540. The van der Waals surface area contributed by atoms with Crippen LogP contribution in [-0.4, -0.2) is 39.0 Å². The summed E-state index contributed by atoms with van der Waals surface area (Å²) in [7, 11) is 0. The van der Waals surface area contributed by atoms with Gasteiger partial charge in [-0.05, 0) is 25.7 Å². The maximum absolute atomic E-state index is 13.8. The van der Waals surface area contributed by atoms with Crippen molar-refractivity contribution in [1.29, 1.82) is 0 Å². The van der Waals surface area contributed by atoms with E-state index in [9.17, 15) is 32.7 Å². The average molecular weight is 449 g/mol. The van der Waals surface area contributed by atoms with Crippen LogP contribution in [0.3, 0.4) is 0 Å². The molecule has 2 aromatic rings. The van der Waals surface area contributed by atoms with Crippen molar-refractivity contribution in [3.05, 3.63) is 62.8 Å². The Kier molecular flexibility index (Phi) is 5.47. The lowest BCUT2D eigenvalue weighted by Gasteiger charge is -2.38. The Labute approximate surface area is 181 Å². The van der Waals surface area contributed by atoms with Crippen molar-refractivity contribution >= 4 is 11.8 Å². The lowest BCUT2D eigenvalue weighted by atomic mass is 9.95. The van der Waals surface area contributed by atoms with E-state index in [0.29, 0.717) is 18.7 Å². The maximum atomic E-state index is 13.8. The van der Waals surface area contributed by atoms with Gasteiger partial charge in [0, 0.05) is 43.0 Å². The van der Waals surface area contributed by atoms with Gasteiger partial charge in [-0.2, -0.15) is 0 Å². The molecule has 2 aliphatic rings. The summed E-state index contributed by atoms with van der Waals surface area (Å²) >= 11 is 0. The first-order valence-corrected chi connectivity index (χ1v) is 10.3. The molecule has 4 rings (SSSR count). The fraction of sp³-hybridized carbons (Fsp3) is 0.409. The number of aromatic nitrogens is 1. The molecule has 3 atom stereocenters. The zero-order valence-electron chi connectivity index (χ0n) is 17.5. The van der Waals surface area contributed by atoms with Crippen molar-refractivity contribution in [2.75, 3.05) is 6.54 Å². The van der Waals surface area contributed by atoms with Crippen LogP contribution in [-0.2, 0) is 6.54 Å². The Balaban J connectivity index is 1.70. The number of benzene rings is 1. The van der Waals surface area contributed by atoms with Gasteiger partial charge in [0.15, 0.2) is 11.4 Å². The number of nitrogens with one attached hydrogen (secondary N) is 1. The molecule has 2 amide bonds. The molecule has 170 valence electrons. The molecule has 1 aromatic carbocycles. The molecule has 1 aromatic heterocycles. The van der Waals surface area contributed by atoms with Crippen molar-refractivity contribution in [3.63, 3.8) is 0 Å².